The molecule has 0 bridgehead atoms. The molecular formula is C18H17N3O4S. The van der Waals surface area contributed by atoms with Crippen molar-refractivity contribution in [2.75, 3.05) is 6.61 Å². The Morgan fingerprint density at radius 2 is 2.12 bits per heavy atom. The van der Waals surface area contributed by atoms with Crippen LogP contribution in [0.25, 0.3) is 0 Å². The molecule has 0 radical (unpaired) electrons. The first-order chi connectivity index (χ1) is 12.4. The molecule has 1 atom stereocenters. The highest BCUT2D eigenvalue weighted by Crippen LogP contribution is 2.21. The number of Topliss-reactive ketones (excluding diaryl/α,β-unsaturated/α-hetero) is 1. The third-order valence-electron chi connectivity index (χ3n) is 3.38. The minimum Gasteiger partial charge on any atom is -0.486 e. The van der Waals surface area contributed by atoms with Gasteiger partial charge in [-0.2, -0.15) is 5.26 Å². The van der Waals surface area contributed by atoms with Gasteiger partial charge in [0.25, 0.3) is 0 Å². The van der Waals surface area contributed by atoms with Crippen LogP contribution in [0.3, 0.4) is 0 Å². The molecule has 0 aliphatic rings. The summed E-state index contributed by atoms with van der Waals surface area (Å²) < 4.78 is 10.6. The molecule has 0 saturated heterocycles. The van der Waals surface area contributed by atoms with Gasteiger partial charge in [0.1, 0.15) is 23.8 Å². The molecule has 134 valence electrons. The van der Waals surface area contributed by atoms with Gasteiger partial charge in [0, 0.05) is 11.1 Å². The summed E-state index contributed by atoms with van der Waals surface area (Å²) in [6.45, 7) is 2.88. The van der Waals surface area contributed by atoms with E-state index in [1.54, 1.807) is 24.3 Å². The van der Waals surface area contributed by atoms with Crippen molar-refractivity contribution in [3.05, 3.63) is 45.9 Å². The average Bonchev–Trinajstić information content (AvgIpc) is 3.03. The van der Waals surface area contributed by atoms with Crippen LogP contribution in [0, 0.1) is 29.6 Å². The van der Waals surface area contributed by atoms with E-state index in [0.29, 0.717) is 5.75 Å². The largest absolute Gasteiger partial charge is 0.486 e. The second-order valence-electron chi connectivity index (χ2n) is 5.43. The van der Waals surface area contributed by atoms with Crippen LogP contribution in [0.4, 0.5) is 0 Å². The van der Waals surface area contributed by atoms with Crippen LogP contribution in [-0.2, 0) is 16.1 Å². The molecule has 2 aromatic rings. The van der Waals surface area contributed by atoms with Gasteiger partial charge in [-0.15, -0.1) is 11.3 Å². The molecule has 26 heavy (non-hydrogen) atoms. The number of nitrogens with one attached hydrogen (secondary N) is 1. The molecule has 8 heteroatoms. The first-order valence-electron chi connectivity index (χ1n) is 7.69. The highest BCUT2D eigenvalue weighted by molar-refractivity contribution is 7.09. The summed E-state index contributed by atoms with van der Waals surface area (Å²) in [5.74, 6) is -2.26. The molecule has 0 aliphatic carbocycles. The van der Waals surface area contributed by atoms with Gasteiger partial charge in [0.05, 0.1) is 16.8 Å². The normalized spacial score (nSPS) is 11.3. The molecular weight excluding hydrogens is 354 g/mol. The van der Waals surface area contributed by atoms with Crippen LogP contribution < -0.4 is 4.74 Å². The first-order valence-corrected chi connectivity index (χ1v) is 8.57. The molecule has 0 fully saturated rings. The van der Waals surface area contributed by atoms with E-state index in [2.05, 4.69) is 4.98 Å². The van der Waals surface area contributed by atoms with Crippen molar-refractivity contribution in [1.82, 2.24) is 4.98 Å². The van der Waals surface area contributed by atoms with E-state index >= 15 is 0 Å². The highest BCUT2D eigenvalue weighted by atomic mass is 32.1. The number of hydrogen-bond acceptors (Lipinski definition) is 8. The lowest BCUT2D eigenvalue weighted by molar-refractivity contribution is -0.122. The summed E-state index contributed by atoms with van der Waals surface area (Å²) >= 11 is 1.50. The molecule has 0 unspecified atom stereocenters. The lowest BCUT2D eigenvalue weighted by Gasteiger charge is -2.11. The van der Waals surface area contributed by atoms with Crippen LogP contribution in [0.15, 0.2) is 29.6 Å². The number of rotatable bonds is 8. The van der Waals surface area contributed by atoms with Gasteiger partial charge in [-0.3, -0.25) is 4.79 Å². The van der Waals surface area contributed by atoms with E-state index in [0.717, 1.165) is 10.7 Å². The van der Waals surface area contributed by atoms with Crippen molar-refractivity contribution in [3.63, 3.8) is 0 Å². The van der Waals surface area contributed by atoms with Crippen molar-refractivity contribution >= 4 is 28.8 Å². The average molecular weight is 371 g/mol. The Hall–Kier alpha value is -3.05. The van der Waals surface area contributed by atoms with E-state index in [1.807, 2.05) is 12.3 Å². The summed E-state index contributed by atoms with van der Waals surface area (Å²) in [5, 5.41) is 19.1. The minimum absolute atomic E-state index is 0.0872. The maximum atomic E-state index is 12.3. The molecule has 1 heterocycles. The standard InChI is InChI=1S/C18H17N3O4S/c1-11(20)15(7-19)16(22)9-25-18(23)14-5-3-4-6-17(14)24-8-13-10-26-12(2)21-13/h3-6,10,15,20H,8-9H2,1-2H3/t15-/m0/s1. The van der Waals surface area contributed by atoms with Gasteiger partial charge in [-0.05, 0) is 26.0 Å². The molecule has 2 rings (SSSR count). The fourth-order valence-electron chi connectivity index (χ4n) is 2.10. The van der Waals surface area contributed by atoms with Gasteiger partial charge >= 0.3 is 5.97 Å². The Kier molecular flexibility index (Phi) is 6.58. The molecule has 0 spiro atoms. The second kappa shape index (κ2) is 8.87. The van der Waals surface area contributed by atoms with Crippen molar-refractivity contribution in [3.8, 4) is 11.8 Å². The van der Waals surface area contributed by atoms with Crippen LogP contribution in [0.1, 0.15) is 28.0 Å². The predicted octanol–water partition coefficient (Wildman–Crippen LogP) is 2.94. The van der Waals surface area contributed by atoms with Gasteiger partial charge in [0.15, 0.2) is 12.4 Å². The summed E-state index contributed by atoms with van der Waals surface area (Å²) in [6, 6.07) is 8.24. The maximum absolute atomic E-state index is 12.3. The summed E-state index contributed by atoms with van der Waals surface area (Å²) in [7, 11) is 0. The number of carbonyl (C=O) groups excluding carboxylic acids is 2. The van der Waals surface area contributed by atoms with Crippen molar-refractivity contribution in [1.29, 1.82) is 10.7 Å². The number of aromatic nitrogens is 1. The third-order valence-corrected chi connectivity index (χ3v) is 4.20. The lowest BCUT2D eigenvalue weighted by atomic mass is 10.0. The second-order valence-corrected chi connectivity index (χ2v) is 6.49. The Morgan fingerprint density at radius 1 is 1.38 bits per heavy atom. The van der Waals surface area contributed by atoms with Crippen molar-refractivity contribution < 1.29 is 19.1 Å². The summed E-state index contributed by atoms with van der Waals surface area (Å²) in [4.78, 5) is 28.4. The highest BCUT2D eigenvalue weighted by Gasteiger charge is 2.22. The van der Waals surface area contributed by atoms with E-state index in [9.17, 15) is 9.59 Å². The van der Waals surface area contributed by atoms with E-state index in [4.69, 9.17) is 20.1 Å². The number of carbonyl (C=O) groups is 2. The van der Waals surface area contributed by atoms with Gasteiger partial charge in [0.2, 0.25) is 0 Å². The van der Waals surface area contributed by atoms with Gasteiger partial charge in [-0.25, -0.2) is 9.78 Å². The quantitative estimate of drug-likeness (QED) is 0.564. The molecule has 1 aromatic heterocycles. The van der Waals surface area contributed by atoms with Gasteiger partial charge < -0.3 is 14.9 Å². The number of ether oxygens (including phenoxy) is 2. The Labute approximate surface area is 154 Å². The Balaban J connectivity index is 2.01. The van der Waals surface area contributed by atoms with Crippen LogP contribution >= 0.6 is 11.3 Å². The van der Waals surface area contributed by atoms with E-state index in [-0.39, 0.29) is 17.9 Å². The number of hydrogen-bond donors (Lipinski definition) is 1. The number of nitriles is 1. The number of ketones is 1. The van der Waals surface area contributed by atoms with E-state index in [1.165, 1.54) is 24.3 Å². The fraction of sp³-hybridized carbons (Fsp3) is 0.278. The molecule has 7 nitrogen and oxygen atoms in total. The number of aryl methyl sites for hydroxylation is 1. The topological polar surface area (TPSA) is 113 Å². The van der Waals surface area contributed by atoms with E-state index < -0.39 is 24.3 Å². The monoisotopic (exact) mass is 371 g/mol. The zero-order valence-electron chi connectivity index (χ0n) is 14.3. The number of esters is 1. The number of para-hydroxylation sites is 1. The van der Waals surface area contributed by atoms with Gasteiger partial charge in [-0.1, -0.05) is 12.1 Å². The maximum Gasteiger partial charge on any atom is 0.342 e. The number of benzene rings is 1. The fourth-order valence-corrected chi connectivity index (χ4v) is 2.69. The first kappa shape index (κ1) is 19.3. The summed E-state index contributed by atoms with van der Waals surface area (Å²) in [5.41, 5.74) is 0.840. The smallest absolute Gasteiger partial charge is 0.342 e. The molecule has 0 amide bonds. The lowest BCUT2D eigenvalue weighted by Crippen LogP contribution is -2.25. The number of thiazole rings is 1. The van der Waals surface area contributed by atoms with Crippen molar-refractivity contribution in [2.45, 2.75) is 20.5 Å². The Bertz CT molecular complexity index is 869. The van der Waals surface area contributed by atoms with Crippen LogP contribution in [0.5, 0.6) is 5.75 Å². The summed E-state index contributed by atoms with van der Waals surface area (Å²) in [6.07, 6.45) is 0. The van der Waals surface area contributed by atoms with Crippen LogP contribution in [-0.4, -0.2) is 29.1 Å². The molecule has 0 aliphatic heterocycles. The number of nitrogens with zero attached hydrogens (tertiary/aromatic N) is 2. The minimum atomic E-state index is -1.21. The third kappa shape index (κ3) is 4.97. The predicted molar refractivity (Wildman–Crippen MR) is 95.4 cm³/mol. The Morgan fingerprint density at radius 3 is 2.73 bits per heavy atom. The van der Waals surface area contributed by atoms with Crippen LogP contribution in [0.2, 0.25) is 0 Å². The SMILES string of the molecule is CC(=N)[C@H](C#N)C(=O)COC(=O)c1ccccc1OCc1csc(C)n1. The zero-order chi connectivity index (χ0) is 19.1. The molecule has 0 saturated carbocycles. The molecule has 1 N–H and O–H groups in total. The van der Waals surface area contributed by atoms with Crippen molar-refractivity contribution in [2.24, 2.45) is 5.92 Å². The zero-order valence-corrected chi connectivity index (χ0v) is 15.1. The molecule has 1 aromatic carbocycles.